The summed E-state index contributed by atoms with van der Waals surface area (Å²) in [4.78, 5) is 27.8. The summed E-state index contributed by atoms with van der Waals surface area (Å²) >= 11 is 6.19. The molecule has 3 amide bonds. The average Bonchev–Trinajstić information content (AvgIpc) is 2.66. The van der Waals surface area contributed by atoms with Crippen molar-refractivity contribution in [3.8, 4) is 11.5 Å². The van der Waals surface area contributed by atoms with Crippen molar-refractivity contribution in [1.29, 1.82) is 0 Å². The van der Waals surface area contributed by atoms with Gasteiger partial charge in [-0.2, -0.15) is 0 Å². The molecule has 0 aliphatic heterocycles. The van der Waals surface area contributed by atoms with Crippen molar-refractivity contribution >= 4 is 47.5 Å². The second kappa shape index (κ2) is 10.4. The van der Waals surface area contributed by atoms with Crippen LogP contribution in [0.15, 0.2) is 60.8 Å². The molecule has 0 unspecified atom stereocenters. The molecule has 0 saturated carbocycles. The molecule has 0 fully saturated rings. The van der Waals surface area contributed by atoms with Gasteiger partial charge < -0.3 is 15.8 Å². The molecule has 1 heterocycles. The smallest absolute Gasteiger partial charge is 0.325 e. The molecule has 3 rings (SSSR count). The number of pyridine rings is 1. The number of nitrogens with one attached hydrogen (secondary N) is 2. The zero-order valence-corrected chi connectivity index (χ0v) is 17.0. The van der Waals surface area contributed by atoms with E-state index in [0.29, 0.717) is 28.6 Å². The highest BCUT2D eigenvalue weighted by atomic mass is 35.5. The van der Waals surface area contributed by atoms with Crippen LogP contribution < -0.4 is 21.1 Å². The number of carbonyl (C=O) groups is 2. The number of nitrogens with zero attached hydrogens (tertiary/aromatic N) is 1. The highest BCUT2D eigenvalue weighted by Crippen LogP contribution is 2.31. The normalized spacial score (nSPS) is 9.93. The van der Waals surface area contributed by atoms with Crippen molar-refractivity contribution in [2.24, 2.45) is 0 Å². The van der Waals surface area contributed by atoms with Crippen LogP contribution in [0.3, 0.4) is 0 Å². The highest BCUT2D eigenvalue weighted by molar-refractivity contribution is 6.32. The average molecular weight is 451 g/mol. The van der Waals surface area contributed by atoms with Crippen molar-refractivity contribution in [1.82, 2.24) is 10.3 Å². The summed E-state index contributed by atoms with van der Waals surface area (Å²) in [6.45, 7) is 0. The summed E-state index contributed by atoms with van der Waals surface area (Å²) in [5, 5.41) is 4.95. The summed E-state index contributed by atoms with van der Waals surface area (Å²) in [6.07, 6.45) is 1.44. The Kier molecular flexibility index (Phi) is 7.97. The van der Waals surface area contributed by atoms with Gasteiger partial charge in [0.05, 0.1) is 11.4 Å². The fraction of sp³-hybridized carbons (Fsp3) is 0.0500. The molecule has 2 aromatic carbocycles. The Bertz CT molecular complexity index is 1050. The van der Waals surface area contributed by atoms with Crippen LogP contribution in [0.1, 0.15) is 5.56 Å². The Hall–Kier alpha value is -3.36. The van der Waals surface area contributed by atoms with Gasteiger partial charge in [0.15, 0.2) is 0 Å². The van der Waals surface area contributed by atoms with Crippen LogP contribution in [0, 0.1) is 5.82 Å². The van der Waals surface area contributed by atoms with Crippen LogP contribution in [0.4, 0.5) is 20.7 Å². The number of rotatable bonds is 5. The van der Waals surface area contributed by atoms with Crippen LogP contribution in [-0.4, -0.2) is 16.9 Å². The van der Waals surface area contributed by atoms with E-state index in [0.717, 1.165) is 0 Å². The van der Waals surface area contributed by atoms with E-state index in [9.17, 15) is 14.0 Å². The van der Waals surface area contributed by atoms with Crippen molar-refractivity contribution in [2.75, 3.05) is 11.1 Å². The second-order valence-corrected chi connectivity index (χ2v) is 6.38. The highest BCUT2D eigenvalue weighted by Gasteiger charge is 2.11. The Morgan fingerprint density at radius 2 is 1.83 bits per heavy atom. The minimum atomic E-state index is -0.719. The second-order valence-electron chi connectivity index (χ2n) is 5.97. The van der Waals surface area contributed by atoms with E-state index in [1.165, 1.54) is 36.5 Å². The van der Waals surface area contributed by atoms with Crippen LogP contribution in [0.2, 0.25) is 5.02 Å². The molecule has 0 bridgehead atoms. The van der Waals surface area contributed by atoms with Gasteiger partial charge >= 0.3 is 6.03 Å². The van der Waals surface area contributed by atoms with E-state index in [-0.39, 0.29) is 23.9 Å². The van der Waals surface area contributed by atoms with Gasteiger partial charge in [-0.25, -0.2) is 14.2 Å². The third kappa shape index (κ3) is 6.61. The number of ether oxygens (including phenoxy) is 1. The van der Waals surface area contributed by atoms with Crippen LogP contribution in [0.25, 0.3) is 0 Å². The first-order valence-electron chi connectivity index (χ1n) is 8.43. The lowest BCUT2D eigenvalue weighted by Crippen LogP contribution is -2.35. The minimum Gasteiger partial charge on any atom is -0.456 e. The standard InChI is InChI=1S/C20H16ClFN4O3.ClH/c21-16-10-14(5-6-17(16)29-15-7-8-24-18(23)11-15)25-20(28)26-19(27)9-12-1-3-13(22)4-2-12;/h1-8,10-11H,9H2,(H2,23,24)(H2,25,26,27,28);1H. The quantitative estimate of drug-likeness (QED) is 0.527. The molecule has 0 aliphatic rings. The fourth-order valence-electron chi connectivity index (χ4n) is 2.40. The summed E-state index contributed by atoms with van der Waals surface area (Å²) < 4.78 is 18.5. The lowest BCUT2D eigenvalue weighted by Gasteiger charge is -2.11. The molecule has 4 N–H and O–H groups in total. The number of imide groups is 1. The molecule has 30 heavy (non-hydrogen) atoms. The van der Waals surface area contributed by atoms with Gasteiger partial charge in [-0.05, 0) is 42.0 Å². The molecule has 10 heteroatoms. The maximum atomic E-state index is 12.9. The first kappa shape index (κ1) is 22.9. The number of carbonyl (C=O) groups excluding carboxylic acids is 2. The topological polar surface area (TPSA) is 106 Å². The number of nitrogens with two attached hydrogens (primary N) is 1. The molecule has 3 aromatic rings. The first-order chi connectivity index (χ1) is 13.9. The van der Waals surface area contributed by atoms with Crippen molar-refractivity contribution in [3.05, 3.63) is 77.2 Å². The van der Waals surface area contributed by atoms with E-state index in [4.69, 9.17) is 22.1 Å². The number of amides is 3. The number of hydrogen-bond acceptors (Lipinski definition) is 5. The largest absolute Gasteiger partial charge is 0.456 e. The van der Waals surface area contributed by atoms with Gasteiger partial charge in [0.25, 0.3) is 0 Å². The van der Waals surface area contributed by atoms with Crippen molar-refractivity contribution in [2.45, 2.75) is 6.42 Å². The predicted molar refractivity (Wildman–Crippen MR) is 115 cm³/mol. The van der Waals surface area contributed by atoms with Gasteiger partial charge in [-0.1, -0.05) is 23.7 Å². The van der Waals surface area contributed by atoms with Crippen molar-refractivity contribution in [3.63, 3.8) is 0 Å². The first-order valence-corrected chi connectivity index (χ1v) is 8.81. The minimum absolute atomic E-state index is 0. The fourth-order valence-corrected chi connectivity index (χ4v) is 2.62. The van der Waals surface area contributed by atoms with E-state index < -0.39 is 17.8 Å². The molecule has 0 saturated heterocycles. The summed E-state index contributed by atoms with van der Waals surface area (Å²) in [6, 6.07) is 12.5. The summed E-state index contributed by atoms with van der Waals surface area (Å²) in [7, 11) is 0. The number of hydrogen-bond donors (Lipinski definition) is 3. The predicted octanol–water partition coefficient (Wildman–Crippen LogP) is 4.56. The number of nitrogen functional groups attached to an aromatic ring is 1. The number of anilines is 2. The molecule has 7 nitrogen and oxygen atoms in total. The molecule has 156 valence electrons. The zero-order chi connectivity index (χ0) is 20.8. The van der Waals surface area contributed by atoms with Crippen molar-refractivity contribution < 1.29 is 18.7 Å². The maximum absolute atomic E-state index is 12.9. The van der Waals surface area contributed by atoms with Gasteiger partial charge in [0.1, 0.15) is 23.1 Å². The van der Waals surface area contributed by atoms with E-state index >= 15 is 0 Å². The Labute approximate surface area is 182 Å². The van der Waals surface area contributed by atoms with Crippen LogP contribution >= 0.6 is 24.0 Å². The SMILES string of the molecule is Cl.Nc1cc(Oc2ccc(NC(=O)NC(=O)Cc3ccc(F)cc3)cc2Cl)ccn1. The Morgan fingerprint density at radius 1 is 1.10 bits per heavy atom. The Morgan fingerprint density at radius 3 is 2.50 bits per heavy atom. The van der Waals surface area contributed by atoms with Crippen LogP contribution in [-0.2, 0) is 11.2 Å². The Balaban J connectivity index is 0.00000320. The third-order valence-electron chi connectivity index (χ3n) is 3.70. The van der Waals surface area contributed by atoms with Crippen LogP contribution in [0.5, 0.6) is 11.5 Å². The zero-order valence-electron chi connectivity index (χ0n) is 15.4. The molecule has 0 aliphatic carbocycles. The molecule has 0 spiro atoms. The molecule has 0 radical (unpaired) electrons. The summed E-state index contributed by atoms with van der Waals surface area (Å²) in [5.41, 5.74) is 6.55. The van der Waals surface area contributed by atoms with Gasteiger partial charge in [-0.3, -0.25) is 10.1 Å². The molecular weight excluding hydrogens is 434 g/mol. The van der Waals surface area contributed by atoms with E-state index in [1.807, 2.05) is 0 Å². The van der Waals surface area contributed by atoms with Gasteiger partial charge in [-0.15, -0.1) is 12.4 Å². The lowest BCUT2D eigenvalue weighted by molar-refractivity contribution is -0.119. The van der Waals surface area contributed by atoms with Gasteiger partial charge in [0, 0.05) is 18.0 Å². The van der Waals surface area contributed by atoms with E-state index in [2.05, 4.69) is 15.6 Å². The number of halogens is 3. The third-order valence-corrected chi connectivity index (χ3v) is 4.00. The van der Waals surface area contributed by atoms with E-state index in [1.54, 1.807) is 24.3 Å². The summed E-state index contributed by atoms with van der Waals surface area (Å²) in [5.74, 6) is 0.192. The maximum Gasteiger partial charge on any atom is 0.325 e. The number of benzene rings is 2. The lowest BCUT2D eigenvalue weighted by atomic mass is 10.1. The number of urea groups is 1. The van der Waals surface area contributed by atoms with Gasteiger partial charge in [0.2, 0.25) is 5.91 Å². The molecule has 1 aromatic heterocycles. The molecular formula is C20H17Cl2FN4O3. The number of aromatic nitrogens is 1. The molecule has 0 atom stereocenters. The monoisotopic (exact) mass is 450 g/mol.